The molecular weight excluding hydrogens is 558 g/mol. The summed E-state index contributed by atoms with van der Waals surface area (Å²) in [4.78, 5) is 49.6. The summed E-state index contributed by atoms with van der Waals surface area (Å²) in [6.07, 6.45) is 6.97. The third-order valence-corrected chi connectivity index (χ3v) is 8.19. The van der Waals surface area contributed by atoms with Crippen molar-refractivity contribution in [1.29, 1.82) is 0 Å². The average molecular weight is 605 g/mol. The van der Waals surface area contributed by atoms with Gasteiger partial charge in [0.05, 0.1) is 6.10 Å². The SMILES string of the molecule is CC(C)CCC(F)(F)C(=O)CC[C@H]1[C@H](OC2CCCCO2)CC(=O)[C@@H]1C/C=C\CCCC(=O)OCC(=O)c1ccccc1. The fourth-order valence-corrected chi connectivity index (χ4v) is 5.60. The molecule has 0 radical (unpaired) electrons. The first-order valence-electron chi connectivity index (χ1n) is 15.7. The lowest BCUT2D eigenvalue weighted by Gasteiger charge is -2.30. The third kappa shape index (κ3) is 11.7. The van der Waals surface area contributed by atoms with Gasteiger partial charge in [-0.05, 0) is 63.2 Å². The number of carbonyl (C=O) groups excluding carboxylic acids is 4. The minimum atomic E-state index is -3.37. The van der Waals surface area contributed by atoms with Crippen molar-refractivity contribution in [1.82, 2.24) is 0 Å². The lowest BCUT2D eigenvalue weighted by molar-refractivity contribution is -0.196. The molecule has 4 atom stereocenters. The Kier molecular flexibility index (Phi) is 14.1. The zero-order valence-electron chi connectivity index (χ0n) is 25.4. The van der Waals surface area contributed by atoms with Gasteiger partial charge in [0.15, 0.2) is 18.7 Å². The maximum absolute atomic E-state index is 14.5. The summed E-state index contributed by atoms with van der Waals surface area (Å²) >= 11 is 0. The van der Waals surface area contributed by atoms with Gasteiger partial charge in [0.25, 0.3) is 0 Å². The van der Waals surface area contributed by atoms with Crippen molar-refractivity contribution in [2.75, 3.05) is 13.2 Å². The van der Waals surface area contributed by atoms with Gasteiger partial charge in [0.1, 0.15) is 5.78 Å². The molecule has 1 saturated carbocycles. The van der Waals surface area contributed by atoms with E-state index in [-0.39, 0.29) is 62.1 Å². The number of hydrogen-bond donors (Lipinski definition) is 0. The molecule has 2 aliphatic rings. The predicted molar refractivity (Wildman–Crippen MR) is 158 cm³/mol. The van der Waals surface area contributed by atoms with Gasteiger partial charge in [-0.25, -0.2) is 0 Å². The van der Waals surface area contributed by atoms with Crippen molar-refractivity contribution in [3.05, 3.63) is 48.0 Å². The van der Waals surface area contributed by atoms with Gasteiger partial charge in [0.2, 0.25) is 5.78 Å². The maximum Gasteiger partial charge on any atom is 0.306 e. The topological polar surface area (TPSA) is 96.0 Å². The van der Waals surface area contributed by atoms with Crippen LogP contribution in [0.4, 0.5) is 8.78 Å². The van der Waals surface area contributed by atoms with Crippen molar-refractivity contribution in [3.8, 4) is 0 Å². The number of halogens is 2. The minimum Gasteiger partial charge on any atom is -0.457 e. The molecule has 43 heavy (non-hydrogen) atoms. The number of alkyl halides is 2. The molecule has 1 unspecified atom stereocenters. The molecule has 7 nitrogen and oxygen atoms in total. The number of allylic oxidation sites excluding steroid dienone is 2. The smallest absolute Gasteiger partial charge is 0.306 e. The van der Waals surface area contributed by atoms with E-state index in [2.05, 4.69) is 0 Å². The Morgan fingerprint density at radius 3 is 2.56 bits per heavy atom. The van der Waals surface area contributed by atoms with Crippen LogP contribution in [0, 0.1) is 17.8 Å². The van der Waals surface area contributed by atoms with Crippen LogP contribution in [-0.4, -0.2) is 54.8 Å². The largest absolute Gasteiger partial charge is 0.457 e. The van der Waals surface area contributed by atoms with Crippen LogP contribution in [0.2, 0.25) is 0 Å². The Balaban J connectivity index is 1.48. The highest BCUT2D eigenvalue weighted by Crippen LogP contribution is 2.39. The summed E-state index contributed by atoms with van der Waals surface area (Å²) in [5.41, 5.74) is 0.487. The summed E-state index contributed by atoms with van der Waals surface area (Å²) < 4.78 is 46.0. The lowest BCUT2D eigenvalue weighted by atomic mass is 9.85. The van der Waals surface area contributed by atoms with Gasteiger partial charge >= 0.3 is 11.9 Å². The Labute approximate surface area is 253 Å². The number of Topliss-reactive ketones (excluding diaryl/α,β-unsaturated/α-hetero) is 3. The molecule has 0 N–H and O–H groups in total. The van der Waals surface area contributed by atoms with Crippen LogP contribution >= 0.6 is 0 Å². The monoisotopic (exact) mass is 604 g/mol. The highest BCUT2D eigenvalue weighted by Gasteiger charge is 2.45. The molecule has 1 aliphatic heterocycles. The molecular formula is C34H46F2O7. The van der Waals surface area contributed by atoms with E-state index in [1.807, 2.05) is 26.0 Å². The first-order valence-corrected chi connectivity index (χ1v) is 15.7. The van der Waals surface area contributed by atoms with Crippen LogP contribution in [-0.2, 0) is 28.6 Å². The van der Waals surface area contributed by atoms with Crippen molar-refractivity contribution < 1.29 is 42.2 Å². The van der Waals surface area contributed by atoms with E-state index in [9.17, 15) is 28.0 Å². The van der Waals surface area contributed by atoms with Crippen LogP contribution in [0.5, 0.6) is 0 Å². The van der Waals surface area contributed by atoms with Gasteiger partial charge < -0.3 is 14.2 Å². The van der Waals surface area contributed by atoms with Crippen LogP contribution in [0.15, 0.2) is 42.5 Å². The van der Waals surface area contributed by atoms with Crippen LogP contribution in [0.25, 0.3) is 0 Å². The zero-order valence-corrected chi connectivity index (χ0v) is 25.4. The molecule has 1 aromatic rings. The van der Waals surface area contributed by atoms with Gasteiger partial charge in [-0.1, -0.05) is 56.3 Å². The quantitative estimate of drug-likeness (QED) is 0.0766. The third-order valence-electron chi connectivity index (χ3n) is 8.19. The molecule has 0 spiro atoms. The summed E-state index contributed by atoms with van der Waals surface area (Å²) in [5, 5.41) is 0. The standard InChI is InChI=1S/C34H46F2O7/c1-24(2)19-20-34(35,36)31(39)18-17-27-26(28(37)22-30(27)43-33-16-10-11-21-41-33)14-8-3-4-9-15-32(40)42-23-29(38)25-12-6-5-7-13-25/h3,5-8,12-13,24,26-27,30,33H,4,9-11,14-23H2,1-2H3/b8-3-/t26-,27-,30-,33?/m1/s1. The van der Waals surface area contributed by atoms with E-state index in [4.69, 9.17) is 14.2 Å². The van der Waals surface area contributed by atoms with Crippen molar-refractivity contribution in [2.24, 2.45) is 17.8 Å². The highest BCUT2D eigenvalue weighted by atomic mass is 19.3. The van der Waals surface area contributed by atoms with Crippen LogP contribution < -0.4 is 0 Å². The molecule has 1 heterocycles. The van der Waals surface area contributed by atoms with E-state index in [0.717, 1.165) is 19.3 Å². The number of ether oxygens (including phenoxy) is 3. The van der Waals surface area contributed by atoms with Crippen molar-refractivity contribution >= 4 is 23.3 Å². The number of hydrogen-bond acceptors (Lipinski definition) is 7. The molecule has 1 saturated heterocycles. The second-order valence-electron chi connectivity index (χ2n) is 12.1. The summed E-state index contributed by atoms with van der Waals surface area (Å²) in [7, 11) is 0. The van der Waals surface area contributed by atoms with Gasteiger partial charge in [0, 0.05) is 43.8 Å². The number of carbonyl (C=O) groups is 4. The molecule has 1 aromatic carbocycles. The summed E-state index contributed by atoms with van der Waals surface area (Å²) in [6, 6.07) is 8.62. The van der Waals surface area contributed by atoms with Crippen LogP contribution in [0.3, 0.4) is 0 Å². The Hall–Kier alpha value is -2.78. The first kappa shape index (κ1) is 34.7. The maximum atomic E-state index is 14.5. The Bertz CT molecular complexity index is 1080. The van der Waals surface area contributed by atoms with Gasteiger partial charge in [-0.2, -0.15) is 8.78 Å². The van der Waals surface area contributed by atoms with E-state index in [1.54, 1.807) is 30.3 Å². The number of unbranched alkanes of at least 4 members (excludes halogenated alkanes) is 1. The fraction of sp³-hybridized carbons (Fsp3) is 0.647. The number of esters is 1. The molecule has 1 aliphatic carbocycles. The number of benzene rings is 1. The second kappa shape index (κ2) is 17.5. The van der Waals surface area contributed by atoms with Gasteiger partial charge in [-0.3, -0.25) is 19.2 Å². The predicted octanol–water partition coefficient (Wildman–Crippen LogP) is 7.07. The van der Waals surface area contributed by atoms with E-state index in [1.165, 1.54) is 0 Å². The van der Waals surface area contributed by atoms with E-state index in [0.29, 0.717) is 31.4 Å². The van der Waals surface area contributed by atoms with Crippen molar-refractivity contribution in [3.63, 3.8) is 0 Å². The lowest BCUT2D eigenvalue weighted by Crippen LogP contribution is -2.33. The first-order chi connectivity index (χ1) is 20.6. The minimum absolute atomic E-state index is 0.00105. The Morgan fingerprint density at radius 1 is 1.09 bits per heavy atom. The second-order valence-corrected chi connectivity index (χ2v) is 12.1. The van der Waals surface area contributed by atoms with Crippen molar-refractivity contribution in [2.45, 2.75) is 109 Å². The number of rotatable bonds is 18. The Morgan fingerprint density at radius 2 is 1.86 bits per heavy atom. The molecule has 9 heteroatoms. The molecule has 3 rings (SSSR count). The van der Waals surface area contributed by atoms with Crippen LogP contribution in [0.1, 0.15) is 101 Å². The highest BCUT2D eigenvalue weighted by molar-refractivity contribution is 5.97. The molecule has 0 aromatic heterocycles. The molecule has 2 fully saturated rings. The van der Waals surface area contributed by atoms with E-state index >= 15 is 0 Å². The van der Waals surface area contributed by atoms with Gasteiger partial charge in [-0.15, -0.1) is 0 Å². The molecule has 0 bridgehead atoms. The fourth-order valence-electron chi connectivity index (χ4n) is 5.60. The molecule has 0 amide bonds. The normalized spacial score (nSPS) is 22.8. The summed E-state index contributed by atoms with van der Waals surface area (Å²) in [6.45, 7) is 3.98. The van der Waals surface area contributed by atoms with E-state index < -0.39 is 42.4 Å². The average Bonchev–Trinajstić information content (AvgIpc) is 3.29. The summed E-state index contributed by atoms with van der Waals surface area (Å²) in [5.74, 6) is -5.88. The number of ketones is 3. The zero-order chi connectivity index (χ0) is 31.2. The molecule has 238 valence electrons.